The zero-order valence-electron chi connectivity index (χ0n) is 11.5. The van der Waals surface area contributed by atoms with E-state index in [0.29, 0.717) is 5.92 Å². The van der Waals surface area contributed by atoms with E-state index >= 15 is 0 Å². The van der Waals surface area contributed by atoms with Crippen molar-refractivity contribution >= 4 is 11.4 Å². The van der Waals surface area contributed by atoms with Crippen LogP contribution in [0.3, 0.4) is 0 Å². The molecular weight excluding hydrogens is 256 g/mol. The summed E-state index contributed by atoms with van der Waals surface area (Å²) in [6, 6.07) is 3.60. The molecule has 0 aromatic carbocycles. The molecule has 0 aliphatic carbocycles. The first kappa shape index (κ1) is 12.9. The fourth-order valence-corrected chi connectivity index (χ4v) is 2.57. The number of piperidine rings is 1. The van der Waals surface area contributed by atoms with E-state index in [-0.39, 0.29) is 18.1 Å². The molecule has 1 saturated heterocycles. The summed E-state index contributed by atoms with van der Waals surface area (Å²) in [6.07, 6.45) is 5.35. The molecule has 2 aromatic rings. The third-order valence-corrected chi connectivity index (χ3v) is 3.96. The molecule has 6 nitrogen and oxygen atoms in total. The maximum absolute atomic E-state index is 12.2. The number of hydrogen-bond donors (Lipinski definition) is 0. The number of likely N-dealkylation sites (tertiary alicyclic amines) is 1. The highest BCUT2D eigenvalue weighted by Gasteiger charge is 2.21. The van der Waals surface area contributed by atoms with Gasteiger partial charge in [0.15, 0.2) is 0 Å². The highest BCUT2D eigenvalue weighted by molar-refractivity contribution is 5.76. The Morgan fingerprint density at radius 2 is 2.15 bits per heavy atom. The number of rotatable bonds is 2. The van der Waals surface area contributed by atoms with Gasteiger partial charge in [-0.25, -0.2) is 9.48 Å². The maximum atomic E-state index is 12.2. The van der Waals surface area contributed by atoms with Gasteiger partial charge in [0, 0.05) is 19.3 Å². The van der Waals surface area contributed by atoms with Crippen LogP contribution in [0.5, 0.6) is 0 Å². The van der Waals surface area contributed by atoms with Gasteiger partial charge < -0.3 is 4.90 Å². The molecular formula is C14H18N4O2. The molecule has 0 radical (unpaired) electrons. The first-order valence-corrected chi connectivity index (χ1v) is 6.96. The van der Waals surface area contributed by atoms with Crippen molar-refractivity contribution in [3.8, 4) is 0 Å². The van der Waals surface area contributed by atoms with Gasteiger partial charge in [-0.2, -0.15) is 5.10 Å². The fraction of sp³-hybridized carbons (Fsp3) is 0.500. The minimum Gasteiger partial charge on any atom is -0.341 e. The molecule has 0 saturated carbocycles. The Morgan fingerprint density at radius 3 is 2.90 bits per heavy atom. The SMILES string of the molecule is CC1CCN(C(=O)Cn2ncc3cccn3c2=O)CC1. The number of nitrogens with zero attached hydrogens (tertiary/aromatic N) is 4. The van der Waals surface area contributed by atoms with E-state index < -0.39 is 0 Å². The summed E-state index contributed by atoms with van der Waals surface area (Å²) in [7, 11) is 0. The zero-order chi connectivity index (χ0) is 14.1. The summed E-state index contributed by atoms with van der Waals surface area (Å²) >= 11 is 0. The van der Waals surface area contributed by atoms with Gasteiger partial charge in [-0.05, 0) is 30.9 Å². The average molecular weight is 274 g/mol. The van der Waals surface area contributed by atoms with Gasteiger partial charge in [0.1, 0.15) is 6.54 Å². The minimum atomic E-state index is -0.272. The smallest absolute Gasteiger partial charge is 0.341 e. The lowest BCUT2D eigenvalue weighted by Crippen LogP contribution is -2.42. The van der Waals surface area contributed by atoms with E-state index in [1.807, 2.05) is 11.0 Å². The molecule has 1 amide bonds. The van der Waals surface area contributed by atoms with Gasteiger partial charge >= 0.3 is 5.69 Å². The Labute approximate surface area is 116 Å². The molecule has 1 fully saturated rings. The van der Waals surface area contributed by atoms with Gasteiger partial charge in [0.25, 0.3) is 0 Å². The van der Waals surface area contributed by atoms with Crippen molar-refractivity contribution in [3.63, 3.8) is 0 Å². The molecule has 0 atom stereocenters. The molecule has 0 bridgehead atoms. The number of amides is 1. The summed E-state index contributed by atoms with van der Waals surface area (Å²) in [4.78, 5) is 26.2. The number of fused-ring (bicyclic) bond motifs is 1. The van der Waals surface area contributed by atoms with E-state index in [9.17, 15) is 9.59 Å². The summed E-state index contributed by atoms with van der Waals surface area (Å²) in [5, 5.41) is 4.06. The van der Waals surface area contributed by atoms with Crippen LogP contribution in [-0.4, -0.2) is 38.1 Å². The lowest BCUT2D eigenvalue weighted by molar-refractivity contribution is -0.133. The van der Waals surface area contributed by atoms with Gasteiger partial charge in [-0.1, -0.05) is 6.92 Å². The van der Waals surface area contributed by atoms with Crippen LogP contribution in [-0.2, 0) is 11.3 Å². The molecule has 2 aromatic heterocycles. The molecule has 0 unspecified atom stereocenters. The Balaban J connectivity index is 1.77. The molecule has 106 valence electrons. The first-order chi connectivity index (χ1) is 9.65. The molecule has 3 heterocycles. The summed E-state index contributed by atoms with van der Waals surface area (Å²) in [6.45, 7) is 3.77. The van der Waals surface area contributed by atoms with Gasteiger partial charge in [-0.3, -0.25) is 9.20 Å². The number of carbonyl (C=O) groups excluding carboxylic acids is 1. The Morgan fingerprint density at radius 1 is 1.40 bits per heavy atom. The van der Waals surface area contributed by atoms with Gasteiger partial charge in [0.2, 0.25) is 5.91 Å². The Hall–Kier alpha value is -2.11. The molecule has 1 aliphatic heterocycles. The van der Waals surface area contributed by atoms with Crippen LogP contribution in [0.1, 0.15) is 19.8 Å². The monoisotopic (exact) mass is 274 g/mol. The quantitative estimate of drug-likeness (QED) is 0.812. The second-order valence-electron chi connectivity index (χ2n) is 5.45. The second kappa shape index (κ2) is 5.11. The van der Waals surface area contributed by atoms with E-state index in [4.69, 9.17) is 0 Å². The van der Waals surface area contributed by atoms with Crippen molar-refractivity contribution in [1.82, 2.24) is 19.1 Å². The van der Waals surface area contributed by atoms with Crippen molar-refractivity contribution in [2.75, 3.05) is 13.1 Å². The molecule has 0 N–H and O–H groups in total. The fourth-order valence-electron chi connectivity index (χ4n) is 2.57. The Bertz CT molecular complexity index is 680. The number of hydrogen-bond acceptors (Lipinski definition) is 3. The van der Waals surface area contributed by atoms with E-state index in [1.54, 1.807) is 18.5 Å². The largest absolute Gasteiger partial charge is 0.349 e. The van der Waals surface area contributed by atoms with Crippen LogP contribution in [0.4, 0.5) is 0 Å². The van der Waals surface area contributed by atoms with Crippen molar-refractivity contribution in [1.29, 1.82) is 0 Å². The van der Waals surface area contributed by atoms with Crippen LogP contribution in [0, 0.1) is 5.92 Å². The maximum Gasteiger partial charge on any atom is 0.349 e. The van der Waals surface area contributed by atoms with Gasteiger partial charge in [-0.15, -0.1) is 0 Å². The summed E-state index contributed by atoms with van der Waals surface area (Å²) in [5.41, 5.74) is 0.469. The van der Waals surface area contributed by atoms with Crippen molar-refractivity contribution < 1.29 is 4.79 Å². The Kier molecular flexibility index (Phi) is 3.30. The highest BCUT2D eigenvalue weighted by Crippen LogP contribution is 2.16. The van der Waals surface area contributed by atoms with Crippen LogP contribution in [0.15, 0.2) is 29.3 Å². The van der Waals surface area contributed by atoms with Crippen molar-refractivity contribution in [3.05, 3.63) is 35.0 Å². The number of aromatic nitrogens is 3. The lowest BCUT2D eigenvalue weighted by Gasteiger charge is -2.30. The highest BCUT2D eigenvalue weighted by atomic mass is 16.2. The molecule has 20 heavy (non-hydrogen) atoms. The van der Waals surface area contributed by atoms with Crippen molar-refractivity contribution in [2.24, 2.45) is 5.92 Å². The topological polar surface area (TPSA) is 59.6 Å². The standard InChI is InChI=1S/C14H18N4O2/c1-11-4-7-16(8-5-11)13(19)10-18-14(20)17-6-2-3-12(17)9-15-18/h2-3,6,9,11H,4-5,7-8,10H2,1H3. The predicted octanol–water partition coefficient (Wildman–Crippen LogP) is 0.754. The van der Waals surface area contributed by atoms with Crippen molar-refractivity contribution in [2.45, 2.75) is 26.3 Å². The predicted molar refractivity (Wildman–Crippen MR) is 74.4 cm³/mol. The van der Waals surface area contributed by atoms with E-state index in [1.165, 1.54) is 9.08 Å². The van der Waals surface area contributed by atoms with E-state index in [2.05, 4.69) is 12.0 Å². The molecule has 0 spiro atoms. The zero-order valence-corrected chi connectivity index (χ0v) is 11.5. The summed E-state index contributed by atoms with van der Waals surface area (Å²) in [5.74, 6) is 0.647. The third kappa shape index (κ3) is 2.33. The van der Waals surface area contributed by atoms with Crippen LogP contribution in [0.25, 0.3) is 5.52 Å². The van der Waals surface area contributed by atoms with Crippen LogP contribution >= 0.6 is 0 Å². The summed E-state index contributed by atoms with van der Waals surface area (Å²) < 4.78 is 2.73. The minimum absolute atomic E-state index is 0.0152. The average Bonchev–Trinajstić information content (AvgIpc) is 2.92. The molecule has 1 aliphatic rings. The number of carbonyl (C=O) groups is 1. The second-order valence-corrected chi connectivity index (χ2v) is 5.45. The lowest BCUT2D eigenvalue weighted by atomic mass is 9.99. The van der Waals surface area contributed by atoms with Crippen LogP contribution in [0.2, 0.25) is 0 Å². The molecule has 3 rings (SSSR count). The molecule has 6 heteroatoms. The van der Waals surface area contributed by atoms with Crippen LogP contribution < -0.4 is 5.69 Å². The normalized spacial score (nSPS) is 16.8. The van der Waals surface area contributed by atoms with Gasteiger partial charge in [0.05, 0.1) is 11.7 Å². The van der Waals surface area contributed by atoms with E-state index in [0.717, 1.165) is 31.4 Å². The first-order valence-electron chi connectivity index (χ1n) is 6.96. The third-order valence-electron chi connectivity index (χ3n) is 3.96.